The summed E-state index contributed by atoms with van der Waals surface area (Å²) in [6, 6.07) is 10.5. The van der Waals surface area contributed by atoms with Crippen molar-refractivity contribution in [2.45, 2.75) is 31.9 Å². The third kappa shape index (κ3) is 4.56. The Morgan fingerprint density at radius 1 is 1.14 bits per heavy atom. The van der Waals surface area contributed by atoms with Gasteiger partial charge in [-0.25, -0.2) is 0 Å². The molecular formula is C25H22F3N5O3. The Hall–Kier alpha value is -4.15. The second-order valence-electron chi connectivity index (χ2n) is 8.75. The molecule has 1 atom stereocenters. The molecule has 4 heterocycles. The lowest BCUT2D eigenvalue weighted by Gasteiger charge is -2.32. The highest BCUT2D eigenvalue weighted by Gasteiger charge is 2.33. The standard InChI is InChI=1S/C25H22F3N5O3/c1-15-6-7-16(12-19(15)29-23(34)20-5-3-11-36-20)24(35)32-10-2-4-17(13-32)22-31-30-21-9-8-18(14-33(21)22)25(26,27)28/h3,5-9,11-12,14,17H,2,4,10,13H2,1H3,(H,29,34). The Labute approximate surface area is 203 Å². The molecule has 8 nitrogen and oxygen atoms in total. The van der Waals surface area contributed by atoms with Gasteiger partial charge in [0.1, 0.15) is 5.82 Å². The molecule has 1 fully saturated rings. The normalized spacial score (nSPS) is 16.3. The first kappa shape index (κ1) is 23.6. The van der Waals surface area contributed by atoms with E-state index in [-0.39, 0.29) is 24.1 Å². The second-order valence-corrected chi connectivity index (χ2v) is 8.75. The molecule has 0 radical (unpaired) electrons. The first-order valence-corrected chi connectivity index (χ1v) is 11.4. The van der Waals surface area contributed by atoms with Gasteiger partial charge in [-0.1, -0.05) is 6.07 Å². The molecule has 1 N–H and O–H groups in total. The number of nitrogens with zero attached hydrogens (tertiary/aromatic N) is 4. The summed E-state index contributed by atoms with van der Waals surface area (Å²) in [6.45, 7) is 2.61. The average molecular weight is 497 g/mol. The van der Waals surface area contributed by atoms with E-state index in [1.807, 2.05) is 6.92 Å². The van der Waals surface area contributed by atoms with E-state index < -0.39 is 17.6 Å². The number of nitrogens with one attached hydrogen (secondary N) is 1. The van der Waals surface area contributed by atoms with Crippen LogP contribution in [0.15, 0.2) is 59.3 Å². The summed E-state index contributed by atoms with van der Waals surface area (Å²) in [5, 5.41) is 10.9. The van der Waals surface area contributed by atoms with E-state index in [1.165, 1.54) is 16.7 Å². The maximum absolute atomic E-state index is 13.3. The number of pyridine rings is 1. The van der Waals surface area contributed by atoms with Gasteiger partial charge in [0, 0.05) is 36.5 Å². The molecule has 3 aromatic heterocycles. The van der Waals surface area contributed by atoms with Crippen molar-refractivity contribution in [3.05, 3.63) is 83.2 Å². The zero-order valence-corrected chi connectivity index (χ0v) is 19.2. The third-order valence-electron chi connectivity index (χ3n) is 6.31. The lowest BCUT2D eigenvalue weighted by Crippen LogP contribution is -2.39. The van der Waals surface area contributed by atoms with Crippen LogP contribution in [0.3, 0.4) is 0 Å². The Morgan fingerprint density at radius 2 is 1.97 bits per heavy atom. The van der Waals surface area contributed by atoms with Gasteiger partial charge in [0.15, 0.2) is 11.4 Å². The van der Waals surface area contributed by atoms with E-state index >= 15 is 0 Å². The summed E-state index contributed by atoms with van der Waals surface area (Å²) in [5.74, 6) is -0.395. The number of amides is 2. The number of halogens is 3. The van der Waals surface area contributed by atoms with Crippen LogP contribution in [0.2, 0.25) is 0 Å². The van der Waals surface area contributed by atoms with E-state index in [0.29, 0.717) is 42.1 Å². The highest BCUT2D eigenvalue weighted by molar-refractivity contribution is 6.04. The minimum atomic E-state index is -4.49. The highest BCUT2D eigenvalue weighted by Crippen LogP contribution is 2.32. The number of carbonyl (C=O) groups excluding carboxylic acids is 2. The predicted molar refractivity (Wildman–Crippen MR) is 124 cm³/mol. The summed E-state index contributed by atoms with van der Waals surface area (Å²) in [4.78, 5) is 27.4. The number of rotatable bonds is 4. The Balaban J connectivity index is 1.36. The molecule has 1 aromatic carbocycles. The molecule has 5 rings (SSSR count). The number of piperidine rings is 1. The molecule has 2 amide bonds. The van der Waals surface area contributed by atoms with Crippen molar-refractivity contribution in [3.8, 4) is 0 Å². The number of hydrogen-bond donors (Lipinski definition) is 1. The van der Waals surface area contributed by atoms with Gasteiger partial charge in [-0.2, -0.15) is 13.2 Å². The fourth-order valence-corrected chi connectivity index (χ4v) is 4.39. The van der Waals surface area contributed by atoms with Crippen molar-refractivity contribution in [1.29, 1.82) is 0 Å². The number of hydrogen-bond acceptors (Lipinski definition) is 5. The topological polar surface area (TPSA) is 92.7 Å². The van der Waals surface area contributed by atoms with Crippen LogP contribution in [0, 0.1) is 6.92 Å². The van der Waals surface area contributed by atoms with Crippen molar-refractivity contribution in [2.75, 3.05) is 18.4 Å². The predicted octanol–water partition coefficient (Wildman–Crippen LogP) is 4.92. The van der Waals surface area contributed by atoms with Crippen LogP contribution in [-0.4, -0.2) is 44.4 Å². The van der Waals surface area contributed by atoms with E-state index in [4.69, 9.17) is 4.42 Å². The van der Waals surface area contributed by atoms with Gasteiger partial charge in [0.25, 0.3) is 11.8 Å². The molecule has 186 valence electrons. The lowest BCUT2D eigenvalue weighted by atomic mass is 9.96. The number of anilines is 1. The Morgan fingerprint density at radius 3 is 2.72 bits per heavy atom. The van der Waals surface area contributed by atoms with Crippen molar-refractivity contribution in [3.63, 3.8) is 0 Å². The summed E-state index contributed by atoms with van der Waals surface area (Å²) in [6.07, 6.45) is -0.756. The van der Waals surface area contributed by atoms with Crippen LogP contribution in [0.25, 0.3) is 5.65 Å². The fourth-order valence-electron chi connectivity index (χ4n) is 4.39. The third-order valence-corrected chi connectivity index (χ3v) is 6.31. The molecule has 0 saturated carbocycles. The molecular weight excluding hydrogens is 475 g/mol. The molecule has 36 heavy (non-hydrogen) atoms. The van der Waals surface area contributed by atoms with E-state index in [1.54, 1.807) is 35.2 Å². The van der Waals surface area contributed by atoms with Gasteiger partial charge < -0.3 is 14.6 Å². The smallest absolute Gasteiger partial charge is 0.417 e. The molecule has 0 spiro atoms. The highest BCUT2D eigenvalue weighted by atomic mass is 19.4. The Bertz CT molecular complexity index is 1430. The Kier molecular flexibility index (Phi) is 5.99. The molecule has 1 saturated heterocycles. The maximum atomic E-state index is 13.3. The second kappa shape index (κ2) is 9.14. The van der Waals surface area contributed by atoms with Crippen LogP contribution in [0.1, 0.15) is 56.6 Å². The molecule has 0 bridgehead atoms. The number of fused-ring (bicyclic) bond motifs is 1. The SMILES string of the molecule is Cc1ccc(C(=O)N2CCCC(c3nnc4ccc(C(F)(F)F)cn34)C2)cc1NC(=O)c1ccco1. The number of benzene rings is 1. The van der Waals surface area contributed by atoms with Crippen LogP contribution in [0.5, 0.6) is 0 Å². The maximum Gasteiger partial charge on any atom is 0.417 e. The van der Waals surface area contributed by atoms with Crippen molar-refractivity contribution >= 4 is 23.1 Å². The molecule has 4 aromatic rings. The monoisotopic (exact) mass is 497 g/mol. The minimum absolute atomic E-state index is 0.152. The van der Waals surface area contributed by atoms with Crippen LogP contribution in [0.4, 0.5) is 18.9 Å². The lowest BCUT2D eigenvalue weighted by molar-refractivity contribution is -0.137. The molecule has 1 aliphatic heterocycles. The number of aryl methyl sites for hydroxylation is 1. The molecule has 11 heteroatoms. The quantitative estimate of drug-likeness (QED) is 0.432. The van der Waals surface area contributed by atoms with E-state index in [0.717, 1.165) is 17.8 Å². The summed E-state index contributed by atoms with van der Waals surface area (Å²) >= 11 is 0. The summed E-state index contributed by atoms with van der Waals surface area (Å²) in [7, 11) is 0. The fraction of sp³-hybridized carbons (Fsp3) is 0.280. The minimum Gasteiger partial charge on any atom is -0.459 e. The molecule has 0 aliphatic carbocycles. The van der Waals surface area contributed by atoms with E-state index in [2.05, 4.69) is 15.5 Å². The van der Waals surface area contributed by atoms with Crippen LogP contribution < -0.4 is 5.32 Å². The van der Waals surface area contributed by atoms with Gasteiger partial charge in [-0.15, -0.1) is 10.2 Å². The number of alkyl halides is 3. The van der Waals surface area contributed by atoms with E-state index in [9.17, 15) is 22.8 Å². The van der Waals surface area contributed by atoms with Gasteiger partial charge in [-0.05, 0) is 61.7 Å². The zero-order valence-electron chi connectivity index (χ0n) is 19.2. The van der Waals surface area contributed by atoms with Crippen molar-refractivity contribution in [2.24, 2.45) is 0 Å². The van der Waals surface area contributed by atoms with Crippen molar-refractivity contribution in [1.82, 2.24) is 19.5 Å². The molecule has 1 aliphatic rings. The van der Waals surface area contributed by atoms with Gasteiger partial charge >= 0.3 is 6.18 Å². The number of furan rings is 1. The van der Waals surface area contributed by atoms with Crippen LogP contribution >= 0.6 is 0 Å². The first-order chi connectivity index (χ1) is 17.2. The summed E-state index contributed by atoms with van der Waals surface area (Å²) < 4.78 is 46.2. The molecule has 1 unspecified atom stereocenters. The van der Waals surface area contributed by atoms with Gasteiger partial charge in [0.2, 0.25) is 0 Å². The number of aromatic nitrogens is 3. The number of likely N-dealkylation sites (tertiary alicyclic amines) is 1. The van der Waals surface area contributed by atoms with Crippen LogP contribution in [-0.2, 0) is 6.18 Å². The zero-order chi connectivity index (χ0) is 25.4. The largest absolute Gasteiger partial charge is 0.459 e. The van der Waals surface area contributed by atoms with Gasteiger partial charge in [0.05, 0.1) is 11.8 Å². The first-order valence-electron chi connectivity index (χ1n) is 11.4. The number of carbonyl (C=O) groups is 2. The average Bonchev–Trinajstić information content (AvgIpc) is 3.54. The summed E-state index contributed by atoms with van der Waals surface area (Å²) in [5.41, 5.74) is 1.18. The van der Waals surface area contributed by atoms with Gasteiger partial charge in [-0.3, -0.25) is 14.0 Å². The van der Waals surface area contributed by atoms with Crippen molar-refractivity contribution < 1.29 is 27.2 Å².